The number of guanidine groups is 1. The number of aromatic nitrogens is 1. The van der Waals surface area contributed by atoms with E-state index in [-0.39, 0.29) is 17.8 Å². The number of para-hydroxylation sites is 1. The van der Waals surface area contributed by atoms with E-state index in [0.717, 1.165) is 29.7 Å². The number of ether oxygens (including phenoxy) is 1. The third-order valence-electron chi connectivity index (χ3n) is 6.00. The van der Waals surface area contributed by atoms with Crippen molar-refractivity contribution in [3.8, 4) is 0 Å². The Kier molecular flexibility index (Phi) is 8.62. The van der Waals surface area contributed by atoms with Crippen molar-refractivity contribution in [1.29, 1.82) is 0 Å². The first-order valence-electron chi connectivity index (χ1n) is 12.6. The van der Waals surface area contributed by atoms with Gasteiger partial charge in [-0.15, -0.1) is 11.3 Å². The zero-order valence-electron chi connectivity index (χ0n) is 21.9. The van der Waals surface area contributed by atoms with Crippen LogP contribution in [0.4, 0.5) is 21.3 Å². The lowest BCUT2D eigenvalue weighted by atomic mass is 9.97. The van der Waals surface area contributed by atoms with Crippen LogP contribution in [-0.4, -0.2) is 35.1 Å². The number of rotatable bonds is 7. The molecule has 2 heterocycles. The van der Waals surface area contributed by atoms with Crippen LogP contribution in [-0.2, 0) is 22.5 Å². The van der Waals surface area contributed by atoms with Gasteiger partial charge in [-0.25, -0.2) is 9.78 Å². The Hall–Kier alpha value is -3.92. The predicted molar refractivity (Wildman–Crippen MR) is 153 cm³/mol. The number of hydrogen-bond acceptors (Lipinski definition) is 6. The summed E-state index contributed by atoms with van der Waals surface area (Å²) in [4.78, 5) is 36.4. The summed E-state index contributed by atoms with van der Waals surface area (Å²) in [5.74, 6) is 0.152. The fourth-order valence-corrected chi connectivity index (χ4v) is 4.87. The molecule has 1 aromatic heterocycles. The molecule has 1 unspecified atom stereocenters. The van der Waals surface area contributed by atoms with Gasteiger partial charge in [0.25, 0.3) is 0 Å². The third kappa shape index (κ3) is 7.55. The van der Waals surface area contributed by atoms with Crippen molar-refractivity contribution < 1.29 is 14.3 Å². The fraction of sp³-hybridized carbons (Fsp3) is 0.357. The maximum Gasteiger partial charge on any atom is 0.412 e. The maximum atomic E-state index is 13.8. The van der Waals surface area contributed by atoms with Gasteiger partial charge in [0, 0.05) is 35.4 Å². The number of nitrogens with one attached hydrogen (secondary N) is 2. The van der Waals surface area contributed by atoms with Crippen molar-refractivity contribution in [3.63, 3.8) is 0 Å². The molecule has 0 spiro atoms. The molecule has 3 aromatic rings. The topological polar surface area (TPSA) is 122 Å². The number of amides is 2. The summed E-state index contributed by atoms with van der Waals surface area (Å²) in [6.45, 7) is 6.27. The van der Waals surface area contributed by atoms with Crippen LogP contribution in [0.3, 0.4) is 0 Å². The summed E-state index contributed by atoms with van der Waals surface area (Å²) in [7, 11) is 0. The molecular formula is C28H34N6O3S. The van der Waals surface area contributed by atoms with Gasteiger partial charge in [-0.3, -0.25) is 15.1 Å². The molecule has 2 amide bonds. The number of nitrogens with zero attached hydrogens (tertiary/aromatic N) is 3. The number of carbonyl (C=O) groups excluding carboxylic acids is 2. The van der Waals surface area contributed by atoms with Crippen molar-refractivity contribution in [1.82, 2.24) is 4.98 Å². The molecular weight excluding hydrogens is 500 g/mol. The number of benzene rings is 2. The summed E-state index contributed by atoms with van der Waals surface area (Å²) in [6.07, 6.45) is 3.31. The van der Waals surface area contributed by atoms with Gasteiger partial charge in [-0.2, -0.15) is 0 Å². The van der Waals surface area contributed by atoms with Crippen LogP contribution in [0.25, 0.3) is 0 Å². The van der Waals surface area contributed by atoms with Crippen molar-refractivity contribution in [3.05, 3.63) is 71.2 Å². The smallest absolute Gasteiger partial charge is 0.412 e. The lowest BCUT2D eigenvalue weighted by molar-refractivity contribution is -0.122. The standard InChI is InChI=1S/C28H34N6O3S/c1-28(2,3)37-27(36)32-22-9-6-7-19(17-22)18-34-23-10-5-4-8-20(23)11-12-21(24(34)35)13-14-30-25(29)33-26-31-15-16-38-26/h4-10,15-17,21H,11-14,18H2,1-3H3,(H,32,36)(H3,29,30,31,33). The molecule has 2 aromatic carbocycles. The molecule has 1 aliphatic rings. The van der Waals surface area contributed by atoms with Gasteiger partial charge in [-0.1, -0.05) is 30.3 Å². The first-order chi connectivity index (χ1) is 18.2. The zero-order valence-corrected chi connectivity index (χ0v) is 22.8. The molecule has 0 bridgehead atoms. The van der Waals surface area contributed by atoms with Crippen LogP contribution in [0.2, 0.25) is 0 Å². The largest absolute Gasteiger partial charge is 0.444 e. The summed E-state index contributed by atoms with van der Waals surface area (Å²) < 4.78 is 5.37. The minimum atomic E-state index is -0.593. The molecule has 38 heavy (non-hydrogen) atoms. The van der Waals surface area contributed by atoms with Crippen LogP contribution >= 0.6 is 11.3 Å². The molecule has 1 atom stereocenters. The van der Waals surface area contributed by atoms with E-state index in [1.807, 2.05) is 67.4 Å². The number of carbonyl (C=O) groups is 2. The van der Waals surface area contributed by atoms with Gasteiger partial charge in [0.15, 0.2) is 11.1 Å². The molecule has 0 saturated carbocycles. The van der Waals surface area contributed by atoms with E-state index in [9.17, 15) is 9.59 Å². The predicted octanol–water partition coefficient (Wildman–Crippen LogP) is 5.40. The minimum Gasteiger partial charge on any atom is -0.444 e. The Morgan fingerprint density at radius 3 is 2.79 bits per heavy atom. The highest BCUT2D eigenvalue weighted by Gasteiger charge is 2.30. The van der Waals surface area contributed by atoms with Gasteiger partial charge in [0.2, 0.25) is 5.91 Å². The van der Waals surface area contributed by atoms with Gasteiger partial charge < -0.3 is 20.7 Å². The van der Waals surface area contributed by atoms with Crippen molar-refractivity contribution >= 4 is 45.8 Å². The first-order valence-corrected chi connectivity index (χ1v) is 13.5. The average molecular weight is 535 g/mol. The first kappa shape index (κ1) is 27.1. The van der Waals surface area contributed by atoms with E-state index in [0.29, 0.717) is 30.3 Å². The quantitative estimate of drug-likeness (QED) is 0.275. The van der Waals surface area contributed by atoms with E-state index in [1.165, 1.54) is 11.3 Å². The fourth-order valence-electron chi connectivity index (χ4n) is 4.34. The monoisotopic (exact) mass is 534 g/mol. The number of aryl methyl sites for hydroxylation is 1. The highest BCUT2D eigenvalue weighted by molar-refractivity contribution is 7.13. The van der Waals surface area contributed by atoms with Gasteiger partial charge >= 0.3 is 6.09 Å². The summed E-state index contributed by atoms with van der Waals surface area (Å²) in [6, 6.07) is 15.5. The van der Waals surface area contributed by atoms with Gasteiger partial charge in [0.1, 0.15) is 5.60 Å². The number of thiazole rings is 1. The second kappa shape index (κ2) is 12.1. The highest BCUT2D eigenvalue weighted by Crippen LogP contribution is 2.32. The SMILES string of the molecule is CC(C)(C)OC(=O)Nc1cccc(CN2C(=O)C(CCN=C(N)Nc3nccs3)CCc3ccccc32)c1. The molecule has 0 fully saturated rings. The van der Waals surface area contributed by atoms with E-state index in [4.69, 9.17) is 10.5 Å². The number of fused-ring (bicyclic) bond motifs is 1. The molecule has 4 N–H and O–H groups in total. The Labute approximate surface area is 227 Å². The molecule has 0 saturated heterocycles. The second-order valence-corrected chi connectivity index (χ2v) is 11.0. The Bertz CT molecular complexity index is 1290. The number of aliphatic imine (C=N–C) groups is 1. The number of anilines is 3. The molecule has 0 radical (unpaired) electrons. The zero-order chi connectivity index (χ0) is 27.1. The Balaban J connectivity index is 1.47. The molecule has 200 valence electrons. The second-order valence-electron chi connectivity index (χ2n) is 10.1. The van der Waals surface area contributed by atoms with E-state index in [1.54, 1.807) is 12.3 Å². The summed E-state index contributed by atoms with van der Waals surface area (Å²) in [5.41, 5.74) is 8.97. The van der Waals surface area contributed by atoms with Crippen molar-refractivity contribution in [2.24, 2.45) is 16.6 Å². The van der Waals surface area contributed by atoms with Gasteiger partial charge in [-0.05, 0) is 69.4 Å². The minimum absolute atomic E-state index is 0.0575. The third-order valence-corrected chi connectivity index (χ3v) is 6.69. The van der Waals surface area contributed by atoms with Crippen LogP contribution in [0.15, 0.2) is 65.1 Å². The van der Waals surface area contributed by atoms with Crippen LogP contribution in [0.1, 0.15) is 44.7 Å². The number of hydrogen-bond donors (Lipinski definition) is 3. The molecule has 4 rings (SSSR count). The lowest BCUT2D eigenvalue weighted by Crippen LogP contribution is -2.35. The Morgan fingerprint density at radius 2 is 2.03 bits per heavy atom. The van der Waals surface area contributed by atoms with E-state index in [2.05, 4.69) is 26.7 Å². The average Bonchev–Trinajstić information content (AvgIpc) is 3.32. The Morgan fingerprint density at radius 1 is 1.21 bits per heavy atom. The normalized spacial score (nSPS) is 16.0. The molecule has 1 aliphatic heterocycles. The summed E-state index contributed by atoms with van der Waals surface area (Å²) >= 11 is 1.44. The van der Waals surface area contributed by atoms with Crippen LogP contribution < -0.4 is 21.3 Å². The maximum absolute atomic E-state index is 13.8. The van der Waals surface area contributed by atoms with Crippen LogP contribution in [0.5, 0.6) is 0 Å². The van der Waals surface area contributed by atoms with E-state index >= 15 is 0 Å². The molecule has 9 nitrogen and oxygen atoms in total. The molecule has 10 heteroatoms. The van der Waals surface area contributed by atoms with Gasteiger partial charge in [0.05, 0.1) is 6.54 Å². The van der Waals surface area contributed by atoms with Crippen molar-refractivity contribution in [2.45, 2.75) is 52.2 Å². The van der Waals surface area contributed by atoms with Crippen LogP contribution in [0, 0.1) is 5.92 Å². The lowest BCUT2D eigenvalue weighted by Gasteiger charge is -2.26. The highest BCUT2D eigenvalue weighted by atomic mass is 32.1. The number of nitrogens with two attached hydrogens (primary N) is 1. The van der Waals surface area contributed by atoms with Crippen molar-refractivity contribution in [2.75, 3.05) is 22.1 Å². The summed E-state index contributed by atoms with van der Waals surface area (Å²) in [5, 5.41) is 8.29. The molecule has 0 aliphatic carbocycles. The van der Waals surface area contributed by atoms with E-state index < -0.39 is 11.7 Å².